The van der Waals surface area contributed by atoms with Crippen LogP contribution >= 0.6 is 0 Å². The molecule has 3 aromatic rings. The number of hydrogen-bond acceptors (Lipinski definition) is 5. The zero-order valence-corrected chi connectivity index (χ0v) is 15.4. The van der Waals surface area contributed by atoms with Crippen LogP contribution in [-0.4, -0.2) is 45.0 Å². The number of aliphatic hydroxyl groups is 1. The number of nitrogens with zero attached hydrogens (tertiary/aromatic N) is 3. The van der Waals surface area contributed by atoms with Gasteiger partial charge in [-0.25, -0.2) is 0 Å². The van der Waals surface area contributed by atoms with Crippen LogP contribution in [0.5, 0.6) is 5.75 Å². The van der Waals surface area contributed by atoms with Gasteiger partial charge in [0.25, 0.3) is 5.91 Å². The Morgan fingerprint density at radius 2 is 2.14 bits per heavy atom. The smallest absolute Gasteiger partial charge is 0.387 e. The Labute approximate surface area is 160 Å². The number of alkyl halides is 2. The molecule has 0 aliphatic heterocycles. The van der Waals surface area contributed by atoms with E-state index in [0.29, 0.717) is 23.0 Å². The first-order valence-corrected chi connectivity index (χ1v) is 8.66. The Bertz CT molecular complexity index is 988. The van der Waals surface area contributed by atoms with Crippen LogP contribution in [0.3, 0.4) is 0 Å². The highest BCUT2D eigenvalue weighted by Gasteiger charge is 2.15. The van der Waals surface area contributed by atoms with E-state index in [0.717, 1.165) is 5.56 Å². The number of carbonyl (C=O) groups excluding carboxylic acids is 1. The van der Waals surface area contributed by atoms with Gasteiger partial charge < -0.3 is 15.2 Å². The van der Waals surface area contributed by atoms with Crippen molar-refractivity contribution in [2.24, 2.45) is 0 Å². The molecule has 7 nitrogen and oxygen atoms in total. The highest BCUT2D eigenvalue weighted by Crippen LogP contribution is 2.22. The predicted molar refractivity (Wildman–Crippen MR) is 98.5 cm³/mol. The Morgan fingerprint density at radius 1 is 1.36 bits per heavy atom. The molecule has 2 N–H and O–H groups in total. The molecule has 0 aliphatic rings. The highest BCUT2D eigenvalue weighted by molar-refractivity contribution is 6.04. The van der Waals surface area contributed by atoms with E-state index in [2.05, 4.69) is 20.1 Å². The minimum atomic E-state index is -2.87. The lowest BCUT2D eigenvalue weighted by Crippen LogP contribution is -2.31. The molecule has 0 radical (unpaired) electrons. The third kappa shape index (κ3) is 4.61. The van der Waals surface area contributed by atoms with Gasteiger partial charge in [0, 0.05) is 18.9 Å². The van der Waals surface area contributed by atoms with Crippen LogP contribution in [0.15, 0.2) is 36.7 Å². The second kappa shape index (κ2) is 8.30. The molecule has 0 fully saturated rings. The van der Waals surface area contributed by atoms with Crippen molar-refractivity contribution >= 4 is 16.8 Å². The first-order valence-electron chi connectivity index (χ1n) is 8.66. The van der Waals surface area contributed by atoms with Gasteiger partial charge in [-0.3, -0.25) is 14.5 Å². The van der Waals surface area contributed by atoms with E-state index in [1.807, 2.05) is 0 Å². The molecule has 9 heteroatoms. The summed E-state index contributed by atoms with van der Waals surface area (Å²) in [6.45, 7) is 0.907. The molecular weight excluding hydrogens is 370 g/mol. The molecule has 0 saturated carbocycles. The molecule has 0 aliphatic carbocycles. The molecular formula is C19H20F2N4O3. The molecule has 1 atom stereocenters. The number of ether oxygens (including phenoxy) is 1. The van der Waals surface area contributed by atoms with Crippen LogP contribution < -0.4 is 10.1 Å². The molecule has 1 amide bonds. The van der Waals surface area contributed by atoms with Gasteiger partial charge in [-0.1, -0.05) is 12.1 Å². The fourth-order valence-electron chi connectivity index (χ4n) is 2.80. The number of nitrogens with one attached hydrogen (secondary N) is 1. The number of amides is 1. The Morgan fingerprint density at radius 3 is 2.82 bits per heavy atom. The Hall–Kier alpha value is -3.07. The van der Waals surface area contributed by atoms with Crippen molar-refractivity contribution in [2.75, 3.05) is 6.54 Å². The molecule has 3 rings (SSSR count). The van der Waals surface area contributed by atoms with Gasteiger partial charge in [0.2, 0.25) is 0 Å². The van der Waals surface area contributed by atoms with Crippen molar-refractivity contribution in [1.29, 1.82) is 0 Å². The lowest BCUT2D eigenvalue weighted by molar-refractivity contribution is -0.0503. The van der Waals surface area contributed by atoms with Crippen molar-refractivity contribution in [3.05, 3.63) is 53.5 Å². The van der Waals surface area contributed by atoms with Crippen molar-refractivity contribution in [3.8, 4) is 5.75 Å². The number of aliphatic hydroxyl groups excluding tert-OH is 1. The number of fused-ring (bicyclic) bond motifs is 1. The fourth-order valence-corrected chi connectivity index (χ4v) is 2.80. The summed E-state index contributed by atoms with van der Waals surface area (Å²) in [5, 5.41) is 17.0. The average molecular weight is 390 g/mol. The second-order valence-electron chi connectivity index (χ2n) is 6.46. The second-order valence-corrected chi connectivity index (χ2v) is 6.46. The molecule has 1 unspecified atom stereocenters. The van der Waals surface area contributed by atoms with E-state index < -0.39 is 18.6 Å². The first-order chi connectivity index (χ1) is 13.3. The molecule has 0 bridgehead atoms. The topological polar surface area (TPSA) is 89.3 Å². The van der Waals surface area contributed by atoms with Crippen molar-refractivity contribution < 1.29 is 23.4 Å². The van der Waals surface area contributed by atoms with E-state index in [1.54, 1.807) is 42.9 Å². The minimum absolute atomic E-state index is 0.122. The third-order valence-corrected chi connectivity index (χ3v) is 4.05. The number of carbonyl (C=O) groups is 1. The molecule has 0 saturated heterocycles. The van der Waals surface area contributed by atoms with Crippen LogP contribution in [0.4, 0.5) is 8.78 Å². The van der Waals surface area contributed by atoms with Crippen molar-refractivity contribution in [2.45, 2.75) is 33.1 Å². The largest absolute Gasteiger partial charge is 0.435 e. The van der Waals surface area contributed by atoms with Crippen LogP contribution in [-0.2, 0) is 6.54 Å². The van der Waals surface area contributed by atoms with E-state index >= 15 is 0 Å². The number of aromatic nitrogens is 3. The molecule has 28 heavy (non-hydrogen) atoms. The first kappa shape index (κ1) is 19.7. The fraction of sp³-hybridized carbons (Fsp3) is 0.316. The van der Waals surface area contributed by atoms with Gasteiger partial charge in [0.15, 0.2) is 0 Å². The summed E-state index contributed by atoms with van der Waals surface area (Å²) in [6.07, 6.45) is 2.54. The molecule has 2 aromatic heterocycles. The summed E-state index contributed by atoms with van der Waals surface area (Å²) < 4.78 is 30.9. The predicted octanol–water partition coefficient (Wildman–Crippen LogP) is 2.50. The summed E-state index contributed by atoms with van der Waals surface area (Å²) >= 11 is 0. The maximum Gasteiger partial charge on any atom is 0.387 e. The standard InChI is InChI=1S/C19H20F2N4O3/c1-11-7-13(3-4-16(11)28-19(20)21)9-25-10-14-15(24-25)5-6-22-17(14)18(27)23-8-12(2)26/h3-7,10,12,19,26H,8-9H2,1-2H3,(H,23,27). The van der Waals surface area contributed by atoms with E-state index in [-0.39, 0.29) is 18.0 Å². The van der Waals surface area contributed by atoms with E-state index in [1.165, 1.54) is 12.3 Å². The normalized spacial score (nSPS) is 12.4. The zero-order valence-electron chi connectivity index (χ0n) is 15.4. The summed E-state index contributed by atoms with van der Waals surface area (Å²) in [6, 6.07) is 6.63. The van der Waals surface area contributed by atoms with Gasteiger partial charge in [0.05, 0.1) is 23.6 Å². The van der Waals surface area contributed by atoms with Gasteiger partial charge in [0.1, 0.15) is 11.4 Å². The third-order valence-electron chi connectivity index (χ3n) is 4.05. The monoisotopic (exact) mass is 390 g/mol. The number of benzene rings is 1. The number of hydrogen-bond donors (Lipinski definition) is 2. The number of rotatable bonds is 7. The number of halogens is 2. The van der Waals surface area contributed by atoms with Gasteiger partial charge in [-0.05, 0) is 37.1 Å². The lowest BCUT2D eigenvalue weighted by Gasteiger charge is -2.09. The van der Waals surface area contributed by atoms with E-state index in [9.17, 15) is 18.7 Å². The highest BCUT2D eigenvalue weighted by atomic mass is 19.3. The van der Waals surface area contributed by atoms with Crippen LogP contribution in [0, 0.1) is 6.92 Å². The van der Waals surface area contributed by atoms with Crippen molar-refractivity contribution in [3.63, 3.8) is 0 Å². The summed E-state index contributed by atoms with van der Waals surface area (Å²) in [4.78, 5) is 16.4. The zero-order chi connectivity index (χ0) is 20.3. The summed E-state index contributed by atoms with van der Waals surface area (Å²) in [5.74, 6) is -0.263. The molecule has 148 valence electrons. The SMILES string of the molecule is Cc1cc(Cn2cc3c(C(=O)NCC(C)O)nccc3n2)ccc1OC(F)F. The Kier molecular flexibility index (Phi) is 5.84. The maximum atomic E-state index is 12.4. The molecule has 1 aromatic carbocycles. The van der Waals surface area contributed by atoms with Crippen LogP contribution in [0.25, 0.3) is 10.9 Å². The summed E-state index contributed by atoms with van der Waals surface area (Å²) in [5.41, 5.74) is 2.27. The van der Waals surface area contributed by atoms with Gasteiger partial charge >= 0.3 is 6.61 Å². The summed E-state index contributed by atoms with van der Waals surface area (Å²) in [7, 11) is 0. The van der Waals surface area contributed by atoms with E-state index in [4.69, 9.17) is 0 Å². The van der Waals surface area contributed by atoms with Crippen LogP contribution in [0.1, 0.15) is 28.5 Å². The quantitative estimate of drug-likeness (QED) is 0.647. The molecule has 2 heterocycles. The van der Waals surface area contributed by atoms with Gasteiger partial charge in [-0.2, -0.15) is 13.9 Å². The molecule has 0 spiro atoms. The van der Waals surface area contributed by atoms with Crippen LogP contribution in [0.2, 0.25) is 0 Å². The number of aryl methyl sites for hydroxylation is 1. The minimum Gasteiger partial charge on any atom is -0.435 e. The number of pyridine rings is 1. The Balaban J connectivity index is 1.82. The lowest BCUT2D eigenvalue weighted by atomic mass is 10.1. The van der Waals surface area contributed by atoms with Gasteiger partial charge in [-0.15, -0.1) is 0 Å². The van der Waals surface area contributed by atoms with Crippen molar-refractivity contribution in [1.82, 2.24) is 20.1 Å². The average Bonchev–Trinajstić information content (AvgIpc) is 3.04. The maximum absolute atomic E-state index is 12.4.